The Morgan fingerprint density at radius 2 is 1.78 bits per heavy atom. The Balaban J connectivity index is 0.000000184. The number of para-hydroxylation sites is 1. The first-order valence-corrected chi connectivity index (χ1v) is 6.52. The highest BCUT2D eigenvalue weighted by Crippen LogP contribution is 2.10. The van der Waals surface area contributed by atoms with Crippen molar-refractivity contribution in [3.63, 3.8) is 0 Å². The summed E-state index contributed by atoms with van der Waals surface area (Å²) in [6.07, 6.45) is 0. The van der Waals surface area contributed by atoms with Gasteiger partial charge in [-0.3, -0.25) is 14.9 Å². The summed E-state index contributed by atoms with van der Waals surface area (Å²) in [4.78, 5) is 20.7. The molecule has 0 unspecified atom stereocenters. The molecule has 1 fully saturated rings. The molecule has 2 amide bonds. The molecule has 1 heterocycles. The van der Waals surface area contributed by atoms with Crippen molar-refractivity contribution >= 4 is 37.4 Å². The summed E-state index contributed by atoms with van der Waals surface area (Å²) in [5.41, 5.74) is 0. The Kier molecular flexibility index (Phi) is 5.40. The van der Waals surface area contributed by atoms with Gasteiger partial charge >= 0.3 is 0 Å². The number of rotatable bonds is 1. The predicted molar refractivity (Wildman–Crippen MR) is 68.1 cm³/mol. The summed E-state index contributed by atoms with van der Waals surface area (Å²) < 4.78 is 24.6. The quantitative estimate of drug-likeness (QED) is 0.764. The minimum atomic E-state index is -2.59. The molecule has 6 nitrogen and oxygen atoms in total. The zero-order chi connectivity index (χ0) is 13.5. The first kappa shape index (κ1) is 14.3. The molecule has 0 radical (unpaired) electrons. The van der Waals surface area contributed by atoms with Crippen molar-refractivity contribution in [1.82, 2.24) is 5.32 Å². The fraction of sp³-hybridized carbons (Fsp3) is 0.100. The van der Waals surface area contributed by atoms with Crippen LogP contribution in [0.25, 0.3) is 0 Å². The molecule has 1 aromatic rings. The molecule has 1 aliphatic heterocycles. The number of amides is 2. The van der Waals surface area contributed by atoms with Crippen molar-refractivity contribution in [1.29, 1.82) is 0 Å². The molecule has 2 rings (SSSR count). The maximum atomic E-state index is 10.4. The van der Waals surface area contributed by atoms with Crippen molar-refractivity contribution in [2.45, 2.75) is 0 Å². The Hall–Kier alpha value is -1.80. The smallest absolute Gasteiger partial charge is 0.291 e. The number of ether oxygens (including phenoxy) is 1. The van der Waals surface area contributed by atoms with Gasteiger partial charge in [-0.05, 0) is 23.9 Å². The van der Waals surface area contributed by atoms with E-state index < -0.39 is 25.6 Å². The third kappa shape index (κ3) is 4.22. The highest BCUT2D eigenvalue weighted by atomic mass is 32.2. The molecule has 96 valence electrons. The van der Waals surface area contributed by atoms with E-state index in [0.717, 1.165) is 5.75 Å². The maximum absolute atomic E-state index is 10.4. The number of carbonyl (C=O) groups is 2. The maximum Gasteiger partial charge on any atom is 0.291 e. The van der Waals surface area contributed by atoms with Crippen LogP contribution in [-0.4, -0.2) is 30.9 Å². The van der Waals surface area contributed by atoms with E-state index in [2.05, 4.69) is 0 Å². The van der Waals surface area contributed by atoms with E-state index in [1.165, 1.54) is 0 Å². The van der Waals surface area contributed by atoms with Crippen molar-refractivity contribution in [3.05, 3.63) is 30.3 Å². The molecule has 1 saturated heterocycles. The molecular weight excluding hydrogens is 278 g/mol. The lowest BCUT2D eigenvalue weighted by molar-refractivity contribution is -0.113. The van der Waals surface area contributed by atoms with E-state index >= 15 is 0 Å². The number of hydrogen-bond acceptors (Lipinski definition) is 6. The molecule has 0 aliphatic carbocycles. The summed E-state index contributed by atoms with van der Waals surface area (Å²) in [5.74, 6) is 0.0656. The first-order valence-electron chi connectivity index (χ1n) is 4.63. The van der Waals surface area contributed by atoms with Gasteiger partial charge in [0.25, 0.3) is 11.1 Å². The van der Waals surface area contributed by atoms with Crippen LogP contribution < -0.4 is 10.1 Å². The van der Waals surface area contributed by atoms with Gasteiger partial charge in [-0.15, -0.1) is 0 Å². The van der Waals surface area contributed by atoms with Gasteiger partial charge in [-0.25, -0.2) is 0 Å². The van der Waals surface area contributed by atoms with Gasteiger partial charge in [0.1, 0.15) is 5.75 Å². The molecule has 1 N–H and O–H groups in total. The lowest BCUT2D eigenvalue weighted by atomic mass is 10.3. The van der Waals surface area contributed by atoms with Crippen LogP contribution in [0.2, 0.25) is 0 Å². The van der Waals surface area contributed by atoms with Crippen molar-refractivity contribution in [3.8, 4) is 5.75 Å². The average molecular weight is 287 g/mol. The van der Waals surface area contributed by atoms with E-state index in [0.29, 0.717) is 11.8 Å². The number of thioether (sulfide) groups is 1. The molecule has 0 spiro atoms. The van der Waals surface area contributed by atoms with Gasteiger partial charge in [0, 0.05) is 0 Å². The van der Waals surface area contributed by atoms with Crippen LogP contribution >= 0.6 is 11.8 Å². The number of hydrogen-bond donors (Lipinski definition) is 1. The van der Waals surface area contributed by atoms with Crippen LogP contribution in [0, 0.1) is 0 Å². The van der Waals surface area contributed by atoms with E-state index in [1.54, 1.807) is 12.4 Å². The summed E-state index contributed by atoms with van der Waals surface area (Å²) >= 11 is 0.386. The van der Waals surface area contributed by atoms with Gasteiger partial charge in [-0.1, -0.05) is 18.2 Å². The number of methoxy groups -OCH3 is 1. The molecule has 1 aromatic carbocycles. The highest BCUT2D eigenvalue weighted by molar-refractivity contribution is 8.34. The van der Waals surface area contributed by atoms with Gasteiger partial charge in [0.15, 0.2) is 0 Å². The molecule has 0 aromatic heterocycles. The fourth-order valence-electron chi connectivity index (χ4n) is 0.966. The number of benzene rings is 1. The van der Waals surface area contributed by atoms with Crippen molar-refractivity contribution < 1.29 is 22.7 Å². The van der Waals surface area contributed by atoms with E-state index in [-0.39, 0.29) is 0 Å². The minimum absolute atomic E-state index is 0.386. The predicted octanol–water partition coefficient (Wildman–Crippen LogP) is 0.674. The van der Waals surface area contributed by atoms with Gasteiger partial charge in [-0.2, -0.15) is 8.42 Å². The van der Waals surface area contributed by atoms with Gasteiger partial charge in [0.05, 0.1) is 7.11 Å². The normalized spacial score (nSPS) is 13.5. The number of imide groups is 1. The van der Waals surface area contributed by atoms with Crippen LogP contribution in [0.3, 0.4) is 0 Å². The number of carbonyl (C=O) groups excluding carboxylic acids is 2. The monoisotopic (exact) mass is 287 g/mol. The molecule has 1 aliphatic rings. The molecular formula is C10H9NO5S2. The summed E-state index contributed by atoms with van der Waals surface area (Å²) in [7, 11) is -0.933. The van der Waals surface area contributed by atoms with Crippen LogP contribution in [0.1, 0.15) is 0 Å². The summed E-state index contributed by atoms with van der Waals surface area (Å²) in [6.45, 7) is 0. The minimum Gasteiger partial charge on any atom is -0.497 e. The zero-order valence-electron chi connectivity index (χ0n) is 9.24. The Bertz CT molecular complexity index is 572. The lowest BCUT2D eigenvalue weighted by Gasteiger charge is -1.93. The van der Waals surface area contributed by atoms with E-state index in [9.17, 15) is 18.0 Å². The van der Waals surface area contributed by atoms with Crippen LogP contribution in [0.15, 0.2) is 30.3 Å². The van der Waals surface area contributed by atoms with E-state index in [4.69, 9.17) is 4.74 Å². The third-order valence-corrected chi connectivity index (χ3v) is 3.52. The van der Waals surface area contributed by atoms with Gasteiger partial charge in [0.2, 0.25) is 14.5 Å². The van der Waals surface area contributed by atoms with E-state index in [1.807, 2.05) is 30.3 Å². The number of nitrogens with one attached hydrogen (secondary N) is 1. The third-order valence-electron chi connectivity index (χ3n) is 1.72. The fourth-order valence-corrected chi connectivity index (χ4v) is 2.12. The highest BCUT2D eigenvalue weighted by Gasteiger charge is 2.28. The molecule has 0 saturated carbocycles. The zero-order valence-corrected chi connectivity index (χ0v) is 10.9. The second-order valence-corrected chi connectivity index (χ2v) is 5.00. The van der Waals surface area contributed by atoms with Crippen LogP contribution in [0.4, 0.5) is 4.79 Å². The first-order chi connectivity index (χ1) is 8.54. The summed E-state index contributed by atoms with van der Waals surface area (Å²) in [5, 5.41) is 1.15. The summed E-state index contributed by atoms with van der Waals surface area (Å²) in [6, 6.07) is 9.68. The topological polar surface area (TPSA) is 89.5 Å². The van der Waals surface area contributed by atoms with Crippen molar-refractivity contribution in [2.75, 3.05) is 7.11 Å². The Labute approximate surface area is 109 Å². The average Bonchev–Trinajstić information content (AvgIpc) is 2.70. The Morgan fingerprint density at radius 1 is 1.17 bits per heavy atom. The second-order valence-electron chi connectivity index (χ2n) is 2.88. The second kappa shape index (κ2) is 6.82. The van der Waals surface area contributed by atoms with Crippen molar-refractivity contribution in [2.24, 2.45) is 0 Å². The Morgan fingerprint density at radius 3 is 2.06 bits per heavy atom. The van der Waals surface area contributed by atoms with Gasteiger partial charge < -0.3 is 4.74 Å². The lowest BCUT2D eigenvalue weighted by Crippen LogP contribution is -2.21. The molecule has 8 heteroatoms. The SMILES string of the molecule is COc1ccccc1.O=C1NC(=O)C(=S(=O)=O)S1. The molecule has 0 atom stereocenters. The van der Waals surface area contributed by atoms with Crippen LogP contribution in [0.5, 0.6) is 5.75 Å². The standard InChI is InChI=1S/C7H8O.C3HNO4S2/c1-8-7-5-3-2-4-6-7;5-1-2(10(7)8)9-3(6)4-1/h2-6H,1H3;(H,4,5,6). The molecule has 0 bridgehead atoms. The van der Waals surface area contributed by atoms with Crippen LogP contribution in [-0.2, 0) is 15.1 Å². The molecule has 18 heavy (non-hydrogen) atoms. The largest absolute Gasteiger partial charge is 0.497 e.